The lowest BCUT2D eigenvalue weighted by Gasteiger charge is -1.96. The van der Waals surface area contributed by atoms with Gasteiger partial charge < -0.3 is 4.74 Å². The molecule has 0 unspecified atom stereocenters. The maximum Gasteiger partial charge on any atom is 0.306 e. The second kappa shape index (κ2) is 6.07. The van der Waals surface area contributed by atoms with Gasteiger partial charge in [0.25, 0.3) is 0 Å². The van der Waals surface area contributed by atoms with Gasteiger partial charge in [0.15, 0.2) is 4.34 Å². The molecule has 0 aliphatic heterocycles. The molecule has 1 rings (SSSR count). The van der Waals surface area contributed by atoms with E-state index in [0.717, 1.165) is 9.35 Å². The molecule has 0 saturated heterocycles. The van der Waals surface area contributed by atoms with Gasteiger partial charge in [-0.05, 0) is 0 Å². The van der Waals surface area contributed by atoms with Crippen molar-refractivity contribution >= 4 is 29.1 Å². The number of thioether (sulfide) groups is 1. The van der Waals surface area contributed by atoms with Crippen molar-refractivity contribution in [3.8, 4) is 0 Å². The summed E-state index contributed by atoms with van der Waals surface area (Å²) in [4.78, 5) is 10.8. The molecular weight excluding hydrogens is 232 g/mol. The lowest BCUT2D eigenvalue weighted by Crippen LogP contribution is -2.00. The minimum Gasteiger partial charge on any atom is -0.469 e. The molecule has 0 aliphatic carbocycles. The summed E-state index contributed by atoms with van der Waals surface area (Å²) in [6.07, 6.45) is 0.414. The summed E-state index contributed by atoms with van der Waals surface area (Å²) in [7, 11) is 1.40. The summed E-state index contributed by atoms with van der Waals surface area (Å²) >= 11 is 3.14. The van der Waals surface area contributed by atoms with Gasteiger partial charge in [-0.25, -0.2) is 0 Å². The van der Waals surface area contributed by atoms with Crippen LogP contribution in [0.5, 0.6) is 0 Å². The van der Waals surface area contributed by atoms with Crippen LogP contribution in [0.2, 0.25) is 0 Å². The average Bonchev–Trinajstić information content (AvgIpc) is 2.66. The van der Waals surface area contributed by atoms with E-state index in [2.05, 4.69) is 28.8 Å². The Hall–Kier alpha value is -0.620. The van der Waals surface area contributed by atoms with E-state index in [1.54, 1.807) is 23.1 Å². The fourth-order valence-electron chi connectivity index (χ4n) is 0.836. The van der Waals surface area contributed by atoms with Crippen molar-refractivity contribution < 1.29 is 9.53 Å². The molecule has 1 aromatic rings. The van der Waals surface area contributed by atoms with E-state index >= 15 is 0 Å². The summed E-state index contributed by atoms with van der Waals surface area (Å²) in [6, 6.07) is 0. The molecule has 0 N–H and O–H groups in total. The number of hydrogen-bond acceptors (Lipinski definition) is 6. The molecule has 1 heterocycles. The fraction of sp³-hybridized carbons (Fsp3) is 0.667. The maximum absolute atomic E-state index is 10.8. The summed E-state index contributed by atoms with van der Waals surface area (Å²) in [5.41, 5.74) is 0. The third-order valence-corrected chi connectivity index (χ3v) is 4.03. The Morgan fingerprint density at radius 1 is 1.53 bits per heavy atom. The molecule has 1 aromatic heterocycles. The van der Waals surface area contributed by atoms with E-state index in [9.17, 15) is 4.79 Å². The van der Waals surface area contributed by atoms with Gasteiger partial charge in [0.05, 0.1) is 13.5 Å². The standard InChI is InChI=1S/C9H14N2O2S2/c1-6(2)8-10-11-9(15-8)14-5-4-7(12)13-3/h6H,4-5H2,1-3H3. The van der Waals surface area contributed by atoms with Crippen LogP contribution in [0.4, 0.5) is 0 Å². The normalized spacial score (nSPS) is 10.7. The number of carbonyl (C=O) groups is 1. The Balaban J connectivity index is 2.34. The third-order valence-electron chi connectivity index (χ3n) is 1.68. The van der Waals surface area contributed by atoms with Crippen LogP contribution in [0.25, 0.3) is 0 Å². The minimum absolute atomic E-state index is 0.184. The van der Waals surface area contributed by atoms with E-state index < -0.39 is 0 Å². The fourth-order valence-corrected chi connectivity index (χ4v) is 2.70. The van der Waals surface area contributed by atoms with E-state index in [1.807, 2.05) is 0 Å². The molecule has 0 aromatic carbocycles. The smallest absolute Gasteiger partial charge is 0.306 e. The van der Waals surface area contributed by atoms with Crippen molar-refractivity contribution in [3.05, 3.63) is 5.01 Å². The van der Waals surface area contributed by atoms with Crippen molar-refractivity contribution in [3.63, 3.8) is 0 Å². The van der Waals surface area contributed by atoms with Gasteiger partial charge >= 0.3 is 5.97 Å². The second-order valence-corrected chi connectivity index (χ2v) is 5.59. The summed E-state index contributed by atoms with van der Waals surface area (Å²) in [5, 5.41) is 9.14. The third kappa shape index (κ3) is 4.17. The van der Waals surface area contributed by atoms with Crippen molar-refractivity contribution in [1.29, 1.82) is 0 Å². The molecule has 0 bridgehead atoms. The predicted octanol–water partition coefficient (Wildman–Crippen LogP) is 2.32. The van der Waals surface area contributed by atoms with Gasteiger partial charge in [0, 0.05) is 11.7 Å². The second-order valence-electron chi connectivity index (χ2n) is 3.24. The van der Waals surface area contributed by atoms with E-state index in [1.165, 1.54) is 7.11 Å². The monoisotopic (exact) mass is 246 g/mol. The first-order chi connectivity index (χ1) is 7.13. The maximum atomic E-state index is 10.8. The van der Waals surface area contributed by atoms with Crippen LogP contribution in [0.3, 0.4) is 0 Å². The highest BCUT2D eigenvalue weighted by Gasteiger charge is 2.08. The quantitative estimate of drug-likeness (QED) is 0.589. The lowest BCUT2D eigenvalue weighted by atomic mass is 10.2. The van der Waals surface area contributed by atoms with E-state index in [-0.39, 0.29) is 5.97 Å². The highest BCUT2D eigenvalue weighted by Crippen LogP contribution is 2.26. The number of nitrogens with zero attached hydrogens (tertiary/aromatic N) is 2. The SMILES string of the molecule is COC(=O)CCSc1nnc(C(C)C)s1. The van der Waals surface area contributed by atoms with Gasteiger partial charge in [-0.3, -0.25) is 4.79 Å². The number of esters is 1. The number of carbonyl (C=O) groups excluding carboxylic acids is 1. The number of ether oxygens (including phenoxy) is 1. The Kier molecular flexibility index (Phi) is 5.04. The van der Waals surface area contributed by atoms with Gasteiger partial charge in [-0.15, -0.1) is 10.2 Å². The van der Waals surface area contributed by atoms with E-state index in [4.69, 9.17) is 0 Å². The van der Waals surface area contributed by atoms with Crippen molar-refractivity contribution in [2.45, 2.75) is 30.5 Å². The molecule has 0 fully saturated rings. The molecule has 84 valence electrons. The van der Waals surface area contributed by atoms with Crippen molar-refractivity contribution in [2.75, 3.05) is 12.9 Å². The number of hydrogen-bond donors (Lipinski definition) is 0. The predicted molar refractivity (Wildman–Crippen MR) is 61.4 cm³/mol. The molecule has 0 spiro atoms. The molecule has 4 nitrogen and oxygen atoms in total. The Bertz CT molecular complexity index is 326. The summed E-state index contributed by atoms with van der Waals surface area (Å²) in [6.45, 7) is 4.17. The van der Waals surface area contributed by atoms with Crippen LogP contribution in [0, 0.1) is 0 Å². The number of rotatable bonds is 5. The van der Waals surface area contributed by atoms with Crippen molar-refractivity contribution in [1.82, 2.24) is 10.2 Å². The molecular formula is C9H14N2O2S2. The molecule has 0 radical (unpaired) electrons. The first-order valence-electron chi connectivity index (χ1n) is 4.66. The molecule has 6 heteroatoms. The first kappa shape index (κ1) is 12.4. The molecule has 15 heavy (non-hydrogen) atoms. The topological polar surface area (TPSA) is 52.1 Å². The van der Waals surface area contributed by atoms with Gasteiger partial charge in [0.2, 0.25) is 0 Å². The van der Waals surface area contributed by atoms with Crippen LogP contribution < -0.4 is 0 Å². The Morgan fingerprint density at radius 3 is 2.80 bits per heavy atom. The zero-order chi connectivity index (χ0) is 11.3. The van der Waals surface area contributed by atoms with Crippen molar-refractivity contribution in [2.24, 2.45) is 0 Å². The molecule has 0 amide bonds. The number of methoxy groups -OCH3 is 1. The highest BCUT2D eigenvalue weighted by molar-refractivity contribution is 8.01. The number of aromatic nitrogens is 2. The van der Waals surface area contributed by atoms with Crippen LogP contribution in [0.1, 0.15) is 31.2 Å². The zero-order valence-corrected chi connectivity index (χ0v) is 10.7. The van der Waals surface area contributed by atoms with Gasteiger partial charge in [0.1, 0.15) is 5.01 Å². The van der Waals surface area contributed by atoms with Crippen LogP contribution in [-0.4, -0.2) is 29.0 Å². The Labute approximate surface area is 97.4 Å². The molecule has 0 saturated carbocycles. The average molecular weight is 246 g/mol. The summed E-state index contributed by atoms with van der Waals surface area (Å²) < 4.78 is 5.47. The van der Waals surface area contributed by atoms with Gasteiger partial charge in [-0.1, -0.05) is 36.9 Å². The molecule has 0 aliphatic rings. The Morgan fingerprint density at radius 2 is 2.27 bits per heavy atom. The summed E-state index contributed by atoms with van der Waals surface area (Å²) in [5.74, 6) is 0.924. The molecule has 0 atom stereocenters. The van der Waals surface area contributed by atoms with Crippen LogP contribution >= 0.6 is 23.1 Å². The zero-order valence-electron chi connectivity index (χ0n) is 9.02. The highest BCUT2D eigenvalue weighted by atomic mass is 32.2. The largest absolute Gasteiger partial charge is 0.469 e. The van der Waals surface area contributed by atoms with Crippen LogP contribution in [-0.2, 0) is 9.53 Å². The lowest BCUT2D eigenvalue weighted by molar-refractivity contribution is -0.140. The minimum atomic E-state index is -0.184. The van der Waals surface area contributed by atoms with Crippen LogP contribution in [0.15, 0.2) is 4.34 Å². The first-order valence-corrected chi connectivity index (χ1v) is 6.46. The van der Waals surface area contributed by atoms with E-state index in [0.29, 0.717) is 18.1 Å². The van der Waals surface area contributed by atoms with Gasteiger partial charge in [-0.2, -0.15) is 0 Å².